The van der Waals surface area contributed by atoms with Crippen LogP contribution in [0, 0.1) is 0 Å². The number of methoxy groups -OCH3 is 3. The first kappa shape index (κ1) is 19.3. The third-order valence-corrected chi connectivity index (χ3v) is 4.24. The average molecular weight is 380 g/mol. The van der Waals surface area contributed by atoms with Gasteiger partial charge in [-0.2, -0.15) is 0 Å². The molecule has 7 heteroatoms. The van der Waals surface area contributed by atoms with E-state index >= 15 is 0 Å². The summed E-state index contributed by atoms with van der Waals surface area (Å²) in [5.41, 5.74) is 2.11. The Morgan fingerprint density at radius 2 is 1.39 bits per heavy atom. The highest BCUT2D eigenvalue weighted by molar-refractivity contribution is 5.49. The minimum absolute atomic E-state index is 0.601. The molecule has 0 amide bonds. The highest BCUT2D eigenvalue weighted by atomic mass is 16.5. The van der Waals surface area contributed by atoms with E-state index in [1.54, 1.807) is 21.3 Å². The number of nitrogens with zero attached hydrogens (tertiary/aromatic N) is 2. The smallest absolute Gasteiger partial charge is 0.161 e. The monoisotopic (exact) mass is 380 g/mol. The van der Waals surface area contributed by atoms with E-state index in [1.165, 1.54) is 6.33 Å². The van der Waals surface area contributed by atoms with E-state index < -0.39 is 0 Å². The third kappa shape index (κ3) is 4.82. The molecular formula is C21H24N4O3. The fourth-order valence-electron chi connectivity index (χ4n) is 2.77. The van der Waals surface area contributed by atoms with Gasteiger partial charge in [0.2, 0.25) is 0 Å². The maximum absolute atomic E-state index is 5.38. The highest BCUT2D eigenvalue weighted by Crippen LogP contribution is 2.27. The Labute approximate surface area is 164 Å². The first-order chi connectivity index (χ1) is 13.7. The summed E-state index contributed by atoms with van der Waals surface area (Å²) < 4.78 is 16.0. The van der Waals surface area contributed by atoms with Crippen molar-refractivity contribution in [2.24, 2.45) is 0 Å². The molecule has 0 radical (unpaired) electrons. The summed E-state index contributed by atoms with van der Waals surface area (Å²) in [7, 11) is 4.91. The van der Waals surface area contributed by atoms with Crippen LogP contribution in [0.25, 0.3) is 0 Å². The van der Waals surface area contributed by atoms with Gasteiger partial charge in [0.05, 0.1) is 21.3 Å². The predicted octanol–water partition coefficient (Wildman–Crippen LogP) is 3.73. The molecule has 1 aromatic heterocycles. The molecule has 1 heterocycles. The first-order valence-corrected chi connectivity index (χ1v) is 8.86. The maximum Gasteiger partial charge on any atom is 0.161 e. The molecule has 28 heavy (non-hydrogen) atoms. The Morgan fingerprint density at radius 3 is 2.11 bits per heavy atom. The van der Waals surface area contributed by atoms with Crippen molar-refractivity contribution in [3.05, 3.63) is 66.0 Å². The second-order valence-electron chi connectivity index (χ2n) is 6.00. The van der Waals surface area contributed by atoms with Crippen LogP contribution in [0.2, 0.25) is 0 Å². The molecule has 0 aliphatic carbocycles. The minimum Gasteiger partial charge on any atom is -0.496 e. The van der Waals surface area contributed by atoms with Gasteiger partial charge in [0.25, 0.3) is 0 Å². The number of para-hydroxylation sites is 1. The number of nitrogens with one attached hydrogen (secondary N) is 2. The first-order valence-electron chi connectivity index (χ1n) is 8.86. The van der Waals surface area contributed by atoms with Crippen LogP contribution in [0.4, 0.5) is 11.6 Å². The molecule has 0 saturated heterocycles. The number of hydrogen-bond acceptors (Lipinski definition) is 7. The zero-order valence-electron chi connectivity index (χ0n) is 16.2. The van der Waals surface area contributed by atoms with E-state index in [0.29, 0.717) is 24.6 Å². The number of aromatic nitrogens is 2. The van der Waals surface area contributed by atoms with Crippen LogP contribution in [-0.4, -0.2) is 31.3 Å². The Morgan fingerprint density at radius 1 is 0.714 bits per heavy atom. The van der Waals surface area contributed by atoms with Crippen LogP contribution in [0.5, 0.6) is 17.2 Å². The van der Waals surface area contributed by atoms with E-state index in [4.69, 9.17) is 14.2 Å². The van der Waals surface area contributed by atoms with Gasteiger partial charge >= 0.3 is 0 Å². The Kier molecular flexibility index (Phi) is 6.51. The van der Waals surface area contributed by atoms with Crippen molar-refractivity contribution >= 4 is 11.6 Å². The molecule has 0 aliphatic heterocycles. The van der Waals surface area contributed by atoms with Gasteiger partial charge in [0.15, 0.2) is 11.5 Å². The molecule has 0 atom stereocenters. The van der Waals surface area contributed by atoms with Crippen LogP contribution in [0.1, 0.15) is 11.1 Å². The normalized spacial score (nSPS) is 10.2. The van der Waals surface area contributed by atoms with Crippen LogP contribution in [-0.2, 0) is 13.1 Å². The molecule has 0 bridgehead atoms. The van der Waals surface area contributed by atoms with Crippen molar-refractivity contribution in [1.29, 1.82) is 0 Å². The standard InChI is InChI=1S/C21H24N4O3/c1-26-17-7-5-4-6-16(17)13-23-21-11-20(24-14-25-21)22-12-15-8-9-18(27-2)19(10-15)28-3/h4-11,14H,12-13H2,1-3H3,(H2,22,23,24,25). The average Bonchev–Trinajstić information content (AvgIpc) is 2.76. The van der Waals surface area contributed by atoms with Gasteiger partial charge in [-0.1, -0.05) is 24.3 Å². The molecule has 2 aromatic carbocycles. The van der Waals surface area contributed by atoms with Crippen LogP contribution in [0.15, 0.2) is 54.9 Å². The molecule has 0 fully saturated rings. The van der Waals surface area contributed by atoms with Crippen molar-refractivity contribution in [1.82, 2.24) is 9.97 Å². The van der Waals surface area contributed by atoms with Gasteiger partial charge < -0.3 is 24.8 Å². The van der Waals surface area contributed by atoms with E-state index in [-0.39, 0.29) is 0 Å². The predicted molar refractivity (Wildman–Crippen MR) is 109 cm³/mol. The minimum atomic E-state index is 0.601. The molecule has 3 rings (SSSR count). The number of rotatable bonds is 9. The van der Waals surface area contributed by atoms with Gasteiger partial charge in [-0.3, -0.25) is 0 Å². The maximum atomic E-state index is 5.38. The Bertz CT molecular complexity index is 918. The second kappa shape index (κ2) is 9.45. The summed E-state index contributed by atoms with van der Waals surface area (Å²) in [6.07, 6.45) is 1.53. The van der Waals surface area contributed by atoms with Crippen LogP contribution < -0.4 is 24.8 Å². The number of benzene rings is 2. The van der Waals surface area contributed by atoms with Crippen molar-refractivity contribution in [2.45, 2.75) is 13.1 Å². The zero-order valence-corrected chi connectivity index (χ0v) is 16.2. The van der Waals surface area contributed by atoms with Crippen molar-refractivity contribution < 1.29 is 14.2 Å². The lowest BCUT2D eigenvalue weighted by atomic mass is 10.2. The van der Waals surface area contributed by atoms with Gasteiger partial charge in [0.1, 0.15) is 23.7 Å². The van der Waals surface area contributed by atoms with E-state index in [2.05, 4.69) is 20.6 Å². The van der Waals surface area contributed by atoms with Crippen LogP contribution >= 0.6 is 0 Å². The van der Waals surface area contributed by atoms with Gasteiger partial charge in [-0.05, 0) is 23.8 Å². The Hall–Kier alpha value is -3.48. The van der Waals surface area contributed by atoms with E-state index in [0.717, 1.165) is 28.5 Å². The van der Waals surface area contributed by atoms with Crippen molar-refractivity contribution in [3.63, 3.8) is 0 Å². The van der Waals surface area contributed by atoms with E-state index in [1.807, 2.05) is 48.5 Å². The summed E-state index contributed by atoms with van der Waals surface area (Å²) in [5.74, 6) is 3.71. The van der Waals surface area contributed by atoms with Crippen molar-refractivity contribution in [3.8, 4) is 17.2 Å². The molecule has 0 spiro atoms. The molecule has 0 aliphatic rings. The van der Waals surface area contributed by atoms with Gasteiger partial charge in [-0.25, -0.2) is 9.97 Å². The topological polar surface area (TPSA) is 77.5 Å². The van der Waals surface area contributed by atoms with Gasteiger partial charge in [-0.15, -0.1) is 0 Å². The molecule has 0 unspecified atom stereocenters. The lowest BCUT2D eigenvalue weighted by molar-refractivity contribution is 0.354. The third-order valence-electron chi connectivity index (χ3n) is 4.24. The molecule has 3 aromatic rings. The zero-order chi connectivity index (χ0) is 19.8. The second-order valence-corrected chi connectivity index (χ2v) is 6.00. The van der Waals surface area contributed by atoms with Gasteiger partial charge in [0, 0.05) is 24.7 Å². The number of anilines is 2. The number of ether oxygens (including phenoxy) is 3. The lowest BCUT2D eigenvalue weighted by Gasteiger charge is -2.12. The van der Waals surface area contributed by atoms with Crippen LogP contribution in [0.3, 0.4) is 0 Å². The highest BCUT2D eigenvalue weighted by Gasteiger charge is 2.06. The summed E-state index contributed by atoms with van der Waals surface area (Å²) in [5, 5.41) is 6.60. The molecule has 2 N–H and O–H groups in total. The summed E-state index contributed by atoms with van der Waals surface area (Å²) >= 11 is 0. The summed E-state index contributed by atoms with van der Waals surface area (Å²) in [4.78, 5) is 8.55. The van der Waals surface area contributed by atoms with E-state index in [9.17, 15) is 0 Å². The molecule has 0 saturated carbocycles. The fourth-order valence-corrected chi connectivity index (χ4v) is 2.77. The fraction of sp³-hybridized carbons (Fsp3) is 0.238. The summed E-state index contributed by atoms with van der Waals surface area (Å²) in [6, 6.07) is 15.6. The molecular weight excluding hydrogens is 356 g/mol. The summed E-state index contributed by atoms with van der Waals surface area (Å²) in [6.45, 7) is 1.21. The largest absolute Gasteiger partial charge is 0.496 e. The lowest BCUT2D eigenvalue weighted by Crippen LogP contribution is -2.06. The molecule has 146 valence electrons. The SMILES string of the molecule is COc1ccccc1CNc1cc(NCc2ccc(OC)c(OC)c2)ncn1. The van der Waals surface area contributed by atoms with Crippen molar-refractivity contribution in [2.75, 3.05) is 32.0 Å². The number of hydrogen-bond donors (Lipinski definition) is 2. The quantitative estimate of drug-likeness (QED) is 0.586. The Balaban J connectivity index is 1.62. The molecule has 7 nitrogen and oxygen atoms in total.